The minimum absolute atomic E-state index is 0. The van der Waals surface area contributed by atoms with Crippen LogP contribution in [0, 0.1) is 0 Å². The second kappa shape index (κ2) is 11.0. The van der Waals surface area contributed by atoms with E-state index in [9.17, 15) is 9.59 Å². The molecule has 102 valence electrons. The fourth-order valence-electron chi connectivity index (χ4n) is 0.404. The van der Waals surface area contributed by atoms with E-state index >= 15 is 0 Å². The second-order valence-corrected chi connectivity index (χ2v) is 14.6. The Bertz CT molecular complexity index is 228. The fraction of sp³-hybridized carbons (Fsp3) is 0.500. The Labute approximate surface area is 138 Å². The van der Waals surface area contributed by atoms with E-state index in [-0.39, 0.29) is 25.7 Å². The van der Waals surface area contributed by atoms with E-state index in [1.165, 1.54) is 82.5 Å². The largest absolute Gasteiger partial charge is 0.480 e. The molecular weight excluding hydrogens is 427 g/mol. The summed E-state index contributed by atoms with van der Waals surface area (Å²) in [5.74, 6) is -1.45. The van der Waals surface area contributed by atoms with E-state index in [1.807, 2.05) is 0 Å². The summed E-state index contributed by atoms with van der Waals surface area (Å²) in [5.41, 5.74) is 0. The van der Waals surface area contributed by atoms with Crippen LogP contribution in [0.15, 0.2) is 0 Å². The van der Waals surface area contributed by atoms with Crippen LogP contribution in [-0.2, 0) is 26.1 Å². The Kier molecular flexibility index (Phi) is 12.4. The van der Waals surface area contributed by atoms with Crippen molar-refractivity contribution in [3.63, 3.8) is 0 Å². The average molecular weight is 431 g/mol. The molecule has 0 unspecified atom stereocenters. The number of hydrogen-bond acceptors (Lipinski definition) is 10. The summed E-state index contributed by atoms with van der Waals surface area (Å²) in [6.07, 6.45) is 0. The Morgan fingerprint density at radius 1 is 0.706 bits per heavy atom. The van der Waals surface area contributed by atoms with Crippen LogP contribution in [0.25, 0.3) is 0 Å². The molecule has 0 aromatic carbocycles. The number of rotatable bonds is 2. The van der Waals surface area contributed by atoms with Crippen molar-refractivity contribution in [2.75, 3.05) is 0 Å². The van der Waals surface area contributed by atoms with Gasteiger partial charge in [0.15, 0.2) is 9.16 Å². The van der Waals surface area contributed by atoms with Crippen LogP contribution < -0.4 is 0 Å². The van der Waals surface area contributed by atoms with Crippen molar-refractivity contribution in [1.82, 2.24) is 0 Å². The topological polar surface area (TPSA) is 74.6 Å². The van der Waals surface area contributed by atoms with Gasteiger partial charge < -0.3 is 10.2 Å². The molecule has 0 atom stereocenters. The van der Waals surface area contributed by atoms with Crippen molar-refractivity contribution in [3.8, 4) is 0 Å². The van der Waals surface area contributed by atoms with Gasteiger partial charge in [-0.15, -0.1) is 0 Å². The Hall–Kier alpha value is 2.23. The van der Waals surface area contributed by atoms with Crippen molar-refractivity contribution >= 4 is 94.4 Å². The van der Waals surface area contributed by atoms with Gasteiger partial charge in [-0.05, 0) is 39.3 Å². The molecule has 0 saturated carbocycles. The van der Waals surface area contributed by atoms with Gasteiger partial charge in [0.1, 0.15) is 0 Å². The summed E-state index contributed by atoms with van der Waals surface area (Å²) < 4.78 is -0.519. The number of aliphatic carboxylic acids is 2. The maximum Gasteiger partial charge on any atom is 0.328 e. The van der Waals surface area contributed by atoms with Crippen molar-refractivity contribution in [1.29, 1.82) is 0 Å². The minimum Gasteiger partial charge on any atom is -0.480 e. The Morgan fingerprint density at radius 2 is 0.941 bits per heavy atom. The van der Waals surface area contributed by atoms with E-state index < -0.39 is 11.9 Å². The maximum absolute atomic E-state index is 10.1. The molecule has 0 spiro atoms. The molecule has 17 heavy (non-hydrogen) atoms. The van der Waals surface area contributed by atoms with Gasteiger partial charge in [-0.25, -0.2) is 0 Å². The van der Waals surface area contributed by atoms with Crippen LogP contribution in [0.1, 0.15) is 0 Å². The molecule has 2 fully saturated rings. The van der Waals surface area contributed by atoms with Crippen LogP contribution in [0.4, 0.5) is 0 Å². The summed E-state index contributed by atoms with van der Waals surface area (Å²) in [5, 5.41) is 16.7. The molecule has 0 bridgehead atoms. The van der Waals surface area contributed by atoms with Crippen LogP contribution in [0.5, 0.6) is 0 Å². The SMILES string of the molecule is O=C(O)C1SSSS1.O=C(O)C1SSSS1.[Ni]. The molecule has 0 amide bonds. The second-order valence-electron chi connectivity index (χ2n) is 2.00. The van der Waals surface area contributed by atoms with Crippen molar-refractivity contribution in [2.24, 2.45) is 0 Å². The van der Waals surface area contributed by atoms with E-state index in [0.29, 0.717) is 0 Å². The molecule has 0 aromatic rings. The monoisotopic (exact) mass is 430 g/mol. The molecule has 0 aliphatic carbocycles. The molecule has 0 aromatic heterocycles. The number of hydrogen-bond donors (Lipinski definition) is 2. The van der Waals surface area contributed by atoms with Crippen molar-refractivity contribution in [3.05, 3.63) is 0 Å². The molecule has 2 aliphatic heterocycles. The zero-order valence-corrected chi connectivity index (χ0v) is 15.0. The van der Waals surface area contributed by atoms with Gasteiger partial charge in [-0.1, -0.05) is 43.2 Å². The van der Waals surface area contributed by atoms with Crippen LogP contribution >= 0.6 is 82.5 Å². The normalized spacial score (nSPS) is 20.2. The molecule has 13 heteroatoms. The third kappa shape index (κ3) is 8.18. The first-order valence-corrected chi connectivity index (χ1v) is 13.3. The summed E-state index contributed by atoms with van der Waals surface area (Å²) in [6, 6.07) is 0. The Balaban J connectivity index is 0.000000284. The summed E-state index contributed by atoms with van der Waals surface area (Å²) in [6.45, 7) is 0. The maximum atomic E-state index is 10.1. The minimum atomic E-state index is -0.725. The van der Waals surface area contributed by atoms with Gasteiger partial charge in [0.2, 0.25) is 0 Å². The number of carboxylic acids is 2. The van der Waals surface area contributed by atoms with Gasteiger partial charge in [-0.3, -0.25) is 9.59 Å². The van der Waals surface area contributed by atoms with Gasteiger partial charge in [-0.2, -0.15) is 0 Å². The zero-order valence-electron chi connectivity index (χ0n) is 7.45. The van der Waals surface area contributed by atoms with Crippen LogP contribution in [0.2, 0.25) is 0 Å². The predicted molar refractivity (Wildman–Crippen MR) is 83.6 cm³/mol. The number of carboxylic acid groups (broad SMARTS) is 2. The molecule has 2 aliphatic rings. The van der Waals surface area contributed by atoms with Crippen LogP contribution in [0.3, 0.4) is 0 Å². The standard InChI is InChI=1S/2C2H2O2S4.Ni/c2*3-1(4)2-5-7-8-6-2;/h2*2H,(H,3,4);. The third-order valence-electron chi connectivity index (χ3n) is 0.966. The van der Waals surface area contributed by atoms with Crippen molar-refractivity contribution < 1.29 is 36.3 Å². The average Bonchev–Trinajstić information content (AvgIpc) is 2.93. The van der Waals surface area contributed by atoms with Gasteiger partial charge in [0.25, 0.3) is 0 Å². The number of carbonyl (C=O) groups is 2. The first-order chi connectivity index (χ1) is 7.61. The molecular formula is C4H4NiO4S8. The van der Waals surface area contributed by atoms with Crippen molar-refractivity contribution in [2.45, 2.75) is 9.16 Å². The Morgan fingerprint density at radius 3 is 1.06 bits per heavy atom. The van der Waals surface area contributed by atoms with E-state index in [2.05, 4.69) is 0 Å². The van der Waals surface area contributed by atoms with Gasteiger partial charge in [0, 0.05) is 16.5 Å². The predicted octanol–water partition coefficient (Wildman–Crippen LogP) is 4.17. The van der Waals surface area contributed by atoms with Gasteiger partial charge >= 0.3 is 11.9 Å². The summed E-state index contributed by atoms with van der Waals surface area (Å²) in [4.78, 5) is 20.3. The van der Waals surface area contributed by atoms with E-state index in [4.69, 9.17) is 10.2 Å². The molecule has 2 rings (SSSR count). The zero-order chi connectivity index (χ0) is 12.0. The molecule has 2 saturated heterocycles. The smallest absolute Gasteiger partial charge is 0.328 e. The first kappa shape index (κ1) is 19.2. The van der Waals surface area contributed by atoms with E-state index in [0.717, 1.165) is 0 Å². The first-order valence-electron chi connectivity index (χ1n) is 3.38. The third-order valence-corrected chi connectivity index (χ3v) is 15.9. The summed E-state index contributed by atoms with van der Waals surface area (Å²) >= 11 is 0. The molecule has 2 heterocycles. The fourth-order valence-corrected chi connectivity index (χ4v) is 16.6. The quantitative estimate of drug-likeness (QED) is 0.487. The van der Waals surface area contributed by atoms with Crippen LogP contribution in [-0.4, -0.2) is 31.3 Å². The molecule has 2 N–H and O–H groups in total. The molecule has 0 radical (unpaired) electrons. The van der Waals surface area contributed by atoms with E-state index in [1.54, 1.807) is 0 Å². The van der Waals surface area contributed by atoms with Gasteiger partial charge in [0.05, 0.1) is 0 Å². The molecule has 4 nitrogen and oxygen atoms in total. The summed E-state index contributed by atoms with van der Waals surface area (Å²) in [7, 11) is 11.7.